The van der Waals surface area contributed by atoms with Gasteiger partial charge in [0.15, 0.2) is 0 Å². The molecule has 1 aliphatic rings. The van der Waals surface area contributed by atoms with Crippen molar-refractivity contribution in [2.45, 2.75) is 12.8 Å². The first kappa shape index (κ1) is 18.4. The highest BCUT2D eigenvalue weighted by atomic mass is 16.5. The van der Waals surface area contributed by atoms with Crippen molar-refractivity contribution in [3.8, 4) is 17.2 Å². The lowest BCUT2D eigenvalue weighted by atomic mass is 10.2. The molecular formula is C20H16N4O5. The van der Waals surface area contributed by atoms with Crippen LogP contribution in [-0.4, -0.2) is 35.0 Å². The van der Waals surface area contributed by atoms with E-state index >= 15 is 0 Å². The van der Waals surface area contributed by atoms with Crippen LogP contribution in [0, 0.1) is 0 Å². The van der Waals surface area contributed by atoms with Crippen LogP contribution in [0.5, 0.6) is 5.75 Å². The molecule has 1 aliphatic heterocycles. The van der Waals surface area contributed by atoms with E-state index in [0.29, 0.717) is 17.0 Å². The highest BCUT2D eigenvalue weighted by molar-refractivity contribution is 6.20. The quantitative estimate of drug-likeness (QED) is 0.664. The fourth-order valence-corrected chi connectivity index (χ4v) is 2.97. The molecule has 1 fully saturated rings. The minimum atomic E-state index is -0.508. The predicted molar refractivity (Wildman–Crippen MR) is 102 cm³/mol. The van der Waals surface area contributed by atoms with E-state index < -0.39 is 5.91 Å². The molecule has 4 rings (SSSR count). The van der Waals surface area contributed by atoms with Crippen LogP contribution in [0.25, 0.3) is 11.5 Å². The molecule has 9 nitrogen and oxygen atoms in total. The Hall–Kier alpha value is -4.01. The minimum absolute atomic E-state index is 0.0773. The summed E-state index contributed by atoms with van der Waals surface area (Å²) >= 11 is 0. The van der Waals surface area contributed by atoms with Gasteiger partial charge >= 0.3 is 6.01 Å². The van der Waals surface area contributed by atoms with Gasteiger partial charge in [-0.1, -0.05) is 17.2 Å². The smallest absolute Gasteiger partial charge is 0.322 e. The molecule has 0 radical (unpaired) electrons. The molecule has 9 heteroatoms. The molecule has 3 amide bonds. The molecule has 0 unspecified atom stereocenters. The average molecular weight is 392 g/mol. The van der Waals surface area contributed by atoms with E-state index in [-0.39, 0.29) is 42.1 Å². The summed E-state index contributed by atoms with van der Waals surface area (Å²) in [6.45, 7) is 0. The first-order valence-corrected chi connectivity index (χ1v) is 8.80. The number of benzene rings is 2. The van der Waals surface area contributed by atoms with Gasteiger partial charge in [-0.25, -0.2) is 0 Å². The maximum Gasteiger partial charge on any atom is 0.322 e. The third-order valence-electron chi connectivity index (χ3n) is 4.38. The highest BCUT2D eigenvalue weighted by Gasteiger charge is 2.30. The monoisotopic (exact) mass is 392 g/mol. The van der Waals surface area contributed by atoms with Crippen molar-refractivity contribution >= 4 is 29.4 Å². The Morgan fingerprint density at radius 2 is 1.83 bits per heavy atom. The average Bonchev–Trinajstić information content (AvgIpc) is 3.34. The maximum atomic E-state index is 12.5. The van der Waals surface area contributed by atoms with Gasteiger partial charge in [-0.05, 0) is 36.4 Å². The van der Waals surface area contributed by atoms with Crippen molar-refractivity contribution in [3.05, 3.63) is 54.1 Å². The van der Waals surface area contributed by atoms with Crippen molar-refractivity contribution in [2.24, 2.45) is 0 Å². The van der Waals surface area contributed by atoms with E-state index in [9.17, 15) is 14.4 Å². The molecule has 3 aromatic rings. The van der Waals surface area contributed by atoms with Gasteiger partial charge in [0.2, 0.25) is 17.7 Å². The molecule has 0 aliphatic carbocycles. The number of carbonyl (C=O) groups excluding carboxylic acids is 3. The number of hydrogen-bond acceptors (Lipinski definition) is 7. The lowest BCUT2D eigenvalue weighted by Gasteiger charge is -2.14. The predicted octanol–water partition coefficient (Wildman–Crippen LogP) is 2.65. The Labute approximate surface area is 165 Å². The van der Waals surface area contributed by atoms with Crippen molar-refractivity contribution in [1.82, 2.24) is 10.2 Å². The van der Waals surface area contributed by atoms with E-state index in [0.717, 1.165) is 4.90 Å². The molecule has 0 saturated carbocycles. The summed E-state index contributed by atoms with van der Waals surface area (Å²) in [6.07, 6.45) is 0.342. The summed E-state index contributed by atoms with van der Waals surface area (Å²) in [5, 5.41) is 10.3. The number of nitrogens with one attached hydrogen (secondary N) is 1. The number of imide groups is 1. The van der Waals surface area contributed by atoms with Crippen LogP contribution in [-0.2, 0) is 9.59 Å². The van der Waals surface area contributed by atoms with Crippen LogP contribution in [0.15, 0.2) is 52.9 Å². The molecule has 0 atom stereocenters. The Balaban J connectivity index is 1.52. The first-order valence-electron chi connectivity index (χ1n) is 8.80. The van der Waals surface area contributed by atoms with Gasteiger partial charge in [0.05, 0.1) is 12.8 Å². The second-order valence-electron chi connectivity index (χ2n) is 6.27. The Morgan fingerprint density at radius 1 is 1.07 bits per heavy atom. The van der Waals surface area contributed by atoms with Gasteiger partial charge in [-0.15, -0.1) is 5.10 Å². The van der Waals surface area contributed by atoms with Crippen molar-refractivity contribution in [2.75, 3.05) is 17.3 Å². The minimum Gasteiger partial charge on any atom is -0.497 e. The summed E-state index contributed by atoms with van der Waals surface area (Å²) in [7, 11) is 1.55. The summed E-state index contributed by atoms with van der Waals surface area (Å²) in [5.74, 6) is -0.220. The zero-order valence-corrected chi connectivity index (χ0v) is 15.4. The standard InChI is InChI=1S/C20H16N4O5/c1-28-15-7-3-5-13(11-15)19-22-23-20(29-19)21-18(27)12-4-2-6-14(10-12)24-16(25)8-9-17(24)26/h2-7,10-11H,8-9H2,1H3,(H,21,23,27). The van der Waals surface area contributed by atoms with Crippen molar-refractivity contribution < 1.29 is 23.5 Å². The fourth-order valence-electron chi connectivity index (χ4n) is 2.97. The molecule has 146 valence electrons. The zero-order valence-electron chi connectivity index (χ0n) is 15.4. The van der Waals surface area contributed by atoms with E-state index in [1.165, 1.54) is 6.07 Å². The topological polar surface area (TPSA) is 115 Å². The Bertz CT molecular complexity index is 1090. The van der Waals surface area contributed by atoms with Gasteiger partial charge in [0.25, 0.3) is 5.91 Å². The third kappa shape index (κ3) is 3.70. The molecular weight excluding hydrogens is 376 g/mol. The molecule has 1 N–H and O–H groups in total. The lowest BCUT2D eigenvalue weighted by Crippen LogP contribution is -2.28. The summed E-state index contributed by atoms with van der Waals surface area (Å²) < 4.78 is 10.7. The number of amides is 3. The number of anilines is 2. The number of ether oxygens (including phenoxy) is 1. The van der Waals surface area contributed by atoms with Gasteiger partial charge in [0.1, 0.15) is 5.75 Å². The number of nitrogens with zero attached hydrogens (tertiary/aromatic N) is 3. The van der Waals surface area contributed by atoms with Crippen molar-refractivity contribution in [1.29, 1.82) is 0 Å². The number of carbonyl (C=O) groups is 3. The first-order chi connectivity index (χ1) is 14.0. The van der Waals surface area contributed by atoms with Crippen LogP contribution in [0.3, 0.4) is 0 Å². The molecule has 29 heavy (non-hydrogen) atoms. The molecule has 0 spiro atoms. The summed E-state index contributed by atoms with van der Waals surface area (Å²) in [4.78, 5) is 37.4. The highest BCUT2D eigenvalue weighted by Crippen LogP contribution is 2.25. The Morgan fingerprint density at radius 3 is 2.59 bits per heavy atom. The lowest BCUT2D eigenvalue weighted by molar-refractivity contribution is -0.121. The number of hydrogen-bond donors (Lipinski definition) is 1. The van der Waals surface area contributed by atoms with Crippen LogP contribution in [0.4, 0.5) is 11.7 Å². The molecule has 1 aromatic heterocycles. The zero-order chi connectivity index (χ0) is 20.4. The van der Waals surface area contributed by atoms with Gasteiger partial charge in [-0.3, -0.25) is 24.6 Å². The number of methoxy groups -OCH3 is 1. The fraction of sp³-hybridized carbons (Fsp3) is 0.150. The number of aromatic nitrogens is 2. The third-order valence-corrected chi connectivity index (χ3v) is 4.38. The largest absolute Gasteiger partial charge is 0.497 e. The van der Waals surface area contributed by atoms with E-state index in [4.69, 9.17) is 9.15 Å². The van der Waals surface area contributed by atoms with E-state index in [2.05, 4.69) is 15.5 Å². The molecule has 1 saturated heterocycles. The van der Waals surface area contributed by atoms with Gasteiger partial charge in [-0.2, -0.15) is 0 Å². The Kier molecular flexibility index (Phi) is 4.78. The van der Waals surface area contributed by atoms with Crippen LogP contribution < -0.4 is 15.0 Å². The molecule has 2 heterocycles. The maximum absolute atomic E-state index is 12.5. The normalized spacial score (nSPS) is 13.6. The van der Waals surface area contributed by atoms with E-state index in [1.807, 2.05) is 0 Å². The molecule has 0 bridgehead atoms. The van der Waals surface area contributed by atoms with Gasteiger partial charge in [0, 0.05) is 24.0 Å². The van der Waals surface area contributed by atoms with Gasteiger partial charge < -0.3 is 9.15 Å². The van der Waals surface area contributed by atoms with Crippen molar-refractivity contribution in [3.63, 3.8) is 0 Å². The second-order valence-corrected chi connectivity index (χ2v) is 6.27. The van der Waals surface area contributed by atoms with Crippen LogP contribution >= 0.6 is 0 Å². The van der Waals surface area contributed by atoms with Crippen LogP contribution in [0.2, 0.25) is 0 Å². The summed E-state index contributed by atoms with van der Waals surface area (Å²) in [5.41, 5.74) is 1.24. The summed E-state index contributed by atoms with van der Waals surface area (Å²) in [6, 6.07) is 13.2. The second kappa shape index (κ2) is 7.55. The SMILES string of the molecule is COc1cccc(-c2nnc(NC(=O)c3cccc(N4C(=O)CCC4=O)c3)o2)c1. The van der Waals surface area contributed by atoms with E-state index in [1.54, 1.807) is 49.6 Å². The van der Waals surface area contributed by atoms with Crippen LogP contribution in [0.1, 0.15) is 23.2 Å². The molecule has 2 aromatic carbocycles. The number of rotatable bonds is 5.